The standard InChI is InChI=1S/C14H10ClN5O2/c15-11-7-16-14(19-8-5-17-18-6-8)20-12(11)9-3-1-2-4-10(9)13(21)22/h1-7H,(H,17,18)(H,21,22)(H,16,19,20). The summed E-state index contributed by atoms with van der Waals surface area (Å²) in [5, 5.41) is 19.0. The first-order valence-corrected chi connectivity index (χ1v) is 6.64. The van der Waals surface area contributed by atoms with Crippen molar-refractivity contribution >= 4 is 29.2 Å². The van der Waals surface area contributed by atoms with Crippen LogP contribution in [-0.2, 0) is 0 Å². The van der Waals surface area contributed by atoms with E-state index in [4.69, 9.17) is 11.6 Å². The zero-order valence-corrected chi connectivity index (χ0v) is 11.9. The summed E-state index contributed by atoms with van der Waals surface area (Å²) in [5.41, 5.74) is 1.58. The van der Waals surface area contributed by atoms with Gasteiger partial charge in [0.05, 0.1) is 34.4 Å². The molecule has 0 aliphatic heterocycles. The number of carboxylic acid groups (broad SMARTS) is 1. The van der Waals surface area contributed by atoms with Gasteiger partial charge in [-0.15, -0.1) is 0 Å². The van der Waals surface area contributed by atoms with Gasteiger partial charge < -0.3 is 10.4 Å². The Bertz CT molecular complexity index is 820. The van der Waals surface area contributed by atoms with Gasteiger partial charge in [0, 0.05) is 11.8 Å². The molecule has 110 valence electrons. The number of anilines is 2. The molecule has 2 heterocycles. The largest absolute Gasteiger partial charge is 0.478 e. The van der Waals surface area contributed by atoms with Gasteiger partial charge in [-0.05, 0) is 6.07 Å². The van der Waals surface area contributed by atoms with E-state index in [1.54, 1.807) is 30.6 Å². The Morgan fingerprint density at radius 2 is 2.09 bits per heavy atom. The lowest BCUT2D eigenvalue weighted by Crippen LogP contribution is -2.03. The lowest BCUT2D eigenvalue weighted by Gasteiger charge is -2.09. The maximum absolute atomic E-state index is 11.3. The molecule has 0 aliphatic carbocycles. The van der Waals surface area contributed by atoms with Crippen LogP contribution in [0.15, 0.2) is 42.9 Å². The van der Waals surface area contributed by atoms with Crippen molar-refractivity contribution in [2.75, 3.05) is 5.32 Å². The van der Waals surface area contributed by atoms with Gasteiger partial charge in [0.2, 0.25) is 5.95 Å². The first-order valence-electron chi connectivity index (χ1n) is 6.26. The van der Waals surface area contributed by atoms with Crippen molar-refractivity contribution in [1.82, 2.24) is 20.2 Å². The van der Waals surface area contributed by atoms with Crippen LogP contribution in [0, 0.1) is 0 Å². The van der Waals surface area contributed by atoms with E-state index in [-0.39, 0.29) is 10.6 Å². The van der Waals surface area contributed by atoms with Crippen LogP contribution >= 0.6 is 11.6 Å². The normalized spacial score (nSPS) is 10.4. The summed E-state index contributed by atoms with van der Waals surface area (Å²) < 4.78 is 0. The summed E-state index contributed by atoms with van der Waals surface area (Å²) in [6.45, 7) is 0. The number of aromatic carboxylic acids is 1. The average molecular weight is 316 g/mol. The monoisotopic (exact) mass is 315 g/mol. The van der Waals surface area contributed by atoms with E-state index in [1.807, 2.05) is 0 Å². The minimum atomic E-state index is -1.05. The minimum Gasteiger partial charge on any atom is -0.478 e. The van der Waals surface area contributed by atoms with Crippen molar-refractivity contribution < 1.29 is 9.90 Å². The number of carbonyl (C=O) groups is 1. The highest BCUT2D eigenvalue weighted by molar-refractivity contribution is 6.33. The van der Waals surface area contributed by atoms with E-state index in [1.165, 1.54) is 12.3 Å². The van der Waals surface area contributed by atoms with Crippen molar-refractivity contribution in [3.63, 3.8) is 0 Å². The van der Waals surface area contributed by atoms with Crippen LogP contribution in [0.4, 0.5) is 11.6 Å². The fraction of sp³-hybridized carbons (Fsp3) is 0. The summed E-state index contributed by atoms with van der Waals surface area (Å²) in [4.78, 5) is 19.7. The molecular formula is C14H10ClN5O2. The summed E-state index contributed by atoms with van der Waals surface area (Å²) in [6, 6.07) is 6.52. The summed E-state index contributed by atoms with van der Waals surface area (Å²) in [6.07, 6.45) is 4.64. The van der Waals surface area contributed by atoms with Crippen LogP contribution in [-0.4, -0.2) is 31.2 Å². The van der Waals surface area contributed by atoms with Crippen molar-refractivity contribution in [1.29, 1.82) is 0 Å². The van der Waals surface area contributed by atoms with Crippen molar-refractivity contribution in [2.24, 2.45) is 0 Å². The number of hydrogen-bond donors (Lipinski definition) is 3. The number of rotatable bonds is 4. The van der Waals surface area contributed by atoms with Gasteiger partial charge >= 0.3 is 5.97 Å². The van der Waals surface area contributed by atoms with Crippen LogP contribution in [0.2, 0.25) is 5.02 Å². The Morgan fingerprint density at radius 3 is 2.82 bits per heavy atom. The molecule has 3 rings (SSSR count). The maximum atomic E-state index is 11.3. The summed E-state index contributed by atoms with van der Waals surface area (Å²) >= 11 is 6.13. The fourth-order valence-corrected chi connectivity index (χ4v) is 2.13. The number of aromatic nitrogens is 4. The predicted molar refractivity (Wildman–Crippen MR) is 81.3 cm³/mol. The highest BCUT2D eigenvalue weighted by Gasteiger charge is 2.16. The molecule has 0 spiro atoms. The van der Waals surface area contributed by atoms with Gasteiger partial charge in [0.15, 0.2) is 0 Å². The highest BCUT2D eigenvalue weighted by Crippen LogP contribution is 2.29. The fourth-order valence-electron chi connectivity index (χ4n) is 1.94. The molecule has 0 fully saturated rings. The number of H-pyrrole nitrogens is 1. The molecule has 2 aromatic heterocycles. The number of nitrogens with zero attached hydrogens (tertiary/aromatic N) is 3. The molecule has 0 bridgehead atoms. The van der Waals surface area contributed by atoms with Gasteiger partial charge in [-0.3, -0.25) is 5.10 Å². The maximum Gasteiger partial charge on any atom is 0.336 e. The second-order valence-corrected chi connectivity index (χ2v) is 4.76. The van der Waals surface area contributed by atoms with E-state index in [2.05, 4.69) is 25.5 Å². The third-order valence-corrected chi connectivity index (χ3v) is 3.19. The van der Waals surface area contributed by atoms with E-state index in [0.717, 1.165) is 0 Å². The van der Waals surface area contributed by atoms with Crippen LogP contribution in [0.25, 0.3) is 11.3 Å². The number of hydrogen-bond acceptors (Lipinski definition) is 5. The van der Waals surface area contributed by atoms with Gasteiger partial charge in [-0.1, -0.05) is 29.8 Å². The second kappa shape index (κ2) is 5.82. The third-order valence-electron chi connectivity index (χ3n) is 2.91. The number of nitrogens with one attached hydrogen (secondary N) is 2. The van der Waals surface area contributed by atoms with E-state index >= 15 is 0 Å². The zero-order chi connectivity index (χ0) is 15.5. The van der Waals surface area contributed by atoms with Gasteiger partial charge in [0.25, 0.3) is 0 Å². The molecule has 0 atom stereocenters. The number of carboxylic acids is 1. The smallest absolute Gasteiger partial charge is 0.336 e. The Kier molecular flexibility index (Phi) is 3.71. The van der Waals surface area contributed by atoms with Crippen LogP contribution in [0.1, 0.15) is 10.4 Å². The Hall–Kier alpha value is -2.93. The van der Waals surface area contributed by atoms with Gasteiger partial charge in [-0.25, -0.2) is 14.8 Å². The van der Waals surface area contributed by atoms with Gasteiger partial charge in [-0.2, -0.15) is 5.10 Å². The van der Waals surface area contributed by atoms with Crippen LogP contribution in [0.5, 0.6) is 0 Å². The van der Waals surface area contributed by atoms with Crippen LogP contribution < -0.4 is 5.32 Å². The molecule has 0 saturated heterocycles. The van der Waals surface area contributed by atoms with Crippen molar-refractivity contribution in [3.8, 4) is 11.3 Å². The second-order valence-electron chi connectivity index (χ2n) is 4.35. The predicted octanol–water partition coefficient (Wildman–Crippen LogP) is 2.96. The van der Waals surface area contributed by atoms with Crippen molar-refractivity contribution in [2.45, 2.75) is 0 Å². The lowest BCUT2D eigenvalue weighted by atomic mass is 10.0. The quantitative estimate of drug-likeness (QED) is 0.684. The van der Waals surface area contributed by atoms with Crippen molar-refractivity contribution in [3.05, 3.63) is 53.4 Å². The number of aromatic amines is 1. The molecule has 3 N–H and O–H groups in total. The summed E-state index contributed by atoms with van der Waals surface area (Å²) in [5.74, 6) is -0.754. The van der Waals surface area contributed by atoms with E-state index < -0.39 is 5.97 Å². The zero-order valence-electron chi connectivity index (χ0n) is 11.1. The molecule has 0 unspecified atom stereocenters. The molecule has 0 radical (unpaired) electrons. The molecule has 0 saturated carbocycles. The third kappa shape index (κ3) is 2.75. The molecule has 22 heavy (non-hydrogen) atoms. The highest BCUT2D eigenvalue weighted by atomic mass is 35.5. The number of benzene rings is 1. The Balaban J connectivity index is 2.05. The molecule has 1 aromatic carbocycles. The molecule has 8 heteroatoms. The molecule has 0 aliphatic rings. The van der Waals surface area contributed by atoms with Crippen LogP contribution in [0.3, 0.4) is 0 Å². The molecular weight excluding hydrogens is 306 g/mol. The summed E-state index contributed by atoms with van der Waals surface area (Å²) in [7, 11) is 0. The Morgan fingerprint density at radius 1 is 1.27 bits per heavy atom. The number of halogens is 1. The first-order chi connectivity index (χ1) is 10.6. The average Bonchev–Trinajstić information content (AvgIpc) is 3.02. The topological polar surface area (TPSA) is 104 Å². The Labute approximate surface area is 130 Å². The first kappa shape index (κ1) is 14.0. The lowest BCUT2D eigenvalue weighted by molar-refractivity contribution is 0.0697. The van der Waals surface area contributed by atoms with Gasteiger partial charge in [0.1, 0.15) is 0 Å². The minimum absolute atomic E-state index is 0.123. The SMILES string of the molecule is O=C(O)c1ccccc1-c1nc(Nc2cn[nH]c2)ncc1Cl. The molecule has 7 nitrogen and oxygen atoms in total. The van der Waals surface area contributed by atoms with E-state index in [9.17, 15) is 9.90 Å². The molecule has 0 amide bonds. The van der Waals surface area contributed by atoms with E-state index in [0.29, 0.717) is 22.9 Å². The molecule has 3 aromatic rings.